The molecule has 4 rings (SSSR count). The summed E-state index contributed by atoms with van der Waals surface area (Å²) in [6, 6.07) is 9.79. The van der Waals surface area contributed by atoms with Crippen LogP contribution in [0.1, 0.15) is 30.0 Å². The van der Waals surface area contributed by atoms with E-state index in [-0.39, 0.29) is 5.41 Å². The summed E-state index contributed by atoms with van der Waals surface area (Å²) in [5.74, 6) is 1.21. The maximum Gasteiger partial charge on any atom is 0.237 e. The summed E-state index contributed by atoms with van der Waals surface area (Å²) in [7, 11) is 0. The van der Waals surface area contributed by atoms with Crippen LogP contribution in [0.5, 0.6) is 0 Å². The van der Waals surface area contributed by atoms with Crippen molar-refractivity contribution < 1.29 is 4.52 Å². The van der Waals surface area contributed by atoms with Gasteiger partial charge in [-0.25, -0.2) is 4.98 Å². The molecule has 3 heterocycles. The van der Waals surface area contributed by atoms with Gasteiger partial charge in [0, 0.05) is 18.1 Å². The van der Waals surface area contributed by atoms with Crippen molar-refractivity contribution in [3.05, 3.63) is 59.9 Å². The van der Waals surface area contributed by atoms with E-state index in [1.165, 1.54) is 0 Å². The van der Waals surface area contributed by atoms with Gasteiger partial charge in [-0.15, -0.1) is 0 Å². The normalized spacial score (nSPS) is 15.9. The molecule has 0 aliphatic heterocycles. The number of aromatic nitrogens is 4. The number of nitrogens with zero attached hydrogens (tertiary/aromatic N) is 4. The van der Waals surface area contributed by atoms with Crippen molar-refractivity contribution in [1.82, 2.24) is 20.1 Å². The zero-order valence-electron chi connectivity index (χ0n) is 11.7. The van der Waals surface area contributed by atoms with E-state index < -0.39 is 0 Å². The van der Waals surface area contributed by atoms with Crippen LogP contribution in [0.3, 0.4) is 0 Å². The highest BCUT2D eigenvalue weighted by Gasteiger charge is 2.51. The number of aryl methyl sites for hydroxylation is 1. The van der Waals surface area contributed by atoms with Gasteiger partial charge in [-0.2, -0.15) is 4.98 Å². The predicted octanol–water partition coefficient (Wildman–Crippen LogP) is 2.91. The fourth-order valence-electron chi connectivity index (χ4n) is 2.59. The van der Waals surface area contributed by atoms with Crippen LogP contribution in [-0.4, -0.2) is 20.1 Å². The van der Waals surface area contributed by atoms with Gasteiger partial charge >= 0.3 is 0 Å². The number of hydrogen-bond donors (Lipinski definition) is 0. The van der Waals surface area contributed by atoms with Crippen LogP contribution in [0.4, 0.5) is 0 Å². The highest BCUT2D eigenvalue weighted by molar-refractivity contribution is 5.49. The van der Waals surface area contributed by atoms with Crippen LogP contribution in [0.2, 0.25) is 0 Å². The maximum absolute atomic E-state index is 5.51. The molecule has 104 valence electrons. The number of hydrogen-bond acceptors (Lipinski definition) is 5. The molecule has 1 saturated carbocycles. The molecule has 21 heavy (non-hydrogen) atoms. The summed E-state index contributed by atoms with van der Waals surface area (Å²) in [5.41, 5.74) is 2.67. The van der Waals surface area contributed by atoms with E-state index in [1.54, 1.807) is 6.20 Å². The molecule has 5 nitrogen and oxygen atoms in total. The summed E-state index contributed by atoms with van der Waals surface area (Å²) in [4.78, 5) is 13.2. The average Bonchev–Trinajstić information content (AvgIpc) is 3.18. The van der Waals surface area contributed by atoms with Crippen molar-refractivity contribution >= 4 is 0 Å². The first-order chi connectivity index (χ1) is 10.3. The van der Waals surface area contributed by atoms with Crippen molar-refractivity contribution in [1.29, 1.82) is 0 Å². The van der Waals surface area contributed by atoms with Crippen LogP contribution in [0.15, 0.2) is 47.2 Å². The van der Waals surface area contributed by atoms with Gasteiger partial charge in [0.15, 0.2) is 0 Å². The summed E-state index contributed by atoms with van der Waals surface area (Å²) in [6.07, 6.45) is 5.68. The monoisotopic (exact) mass is 278 g/mol. The van der Waals surface area contributed by atoms with E-state index in [0.29, 0.717) is 11.7 Å². The zero-order valence-corrected chi connectivity index (χ0v) is 11.7. The Morgan fingerprint density at radius 3 is 2.71 bits per heavy atom. The lowest BCUT2D eigenvalue weighted by Crippen LogP contribution is -2.09. The molecule has 0 radical (unpaired) electrons. The molecule has 0 saturated heterocycles. The van der Waals surface area contributed by atoms with Crippen LogP contribution in [0, 0.1) is 6.92 Å². The molecule has 5 heteroatoms. The van der Waals surface area contributed by atoms with Crippen LogP contribution >= 0.6 is 0 Å². The first kappa shape index (κ1) is 12.2. The zero-order chi connectivity index (χ0) is 14.3. The largest absolute Gasteiger partial charge is 0.338 e. The van der Waals surface area contributed by atoms with Crippen LogP contribution in [-0.2, 0) is 5.41 Å². The van der Waals surface area contributed by atoms with Crippen molar-refractivity contribution in [2.75, 3.05) is 0 Å². The van der Waals surface area contributed by atoms with E-state index in [2.05, 4.69) is 26.2 Å². The lowest BCUT2D eigenvalue weighted by atomic mass is 9.98. The van der Waals surface area contributed by atoms with Crippen molar-refractivity contribution in [2.45, 2.75) is 25.2 Å². The smallest absolute Gasteiger partial charge is 0.237 e. The fourth-order valence-corrected chi connectivity index (χ4v) is 2.59. The molecule has 0 bridgehead atoms. The topological polar surface area (TPSA) is 64.7 Å². The van der Waals surface area contributed by atoms with Crippen LogP contribution < -0.4 is 0 Å². The van der Waals surface area contributed by atoms with Gasteiger partial charge in [-0.3, -0.25) is 4.98 Å². The van der Waals surface area contributed by atoms with Crippen molar-refractivity contribution in [2.24, 2.45) is 0 Å². The Kier molecular flexibility index (Phi) is 2.60. The molecular formula is C16H14N4O. The first-order valence-electron chi connectivity index (χ1n) is 6.97. The summed E-state index contributed by atoms with van der Waals surface area (Å²) >= 11 is 0. The third-order valence-corrected chi connectivity index (χ3v) is 3.92. The van der Waals surface area contributed by atoms with E-state index in [1.807, 2.05) is 37.4 Å². The fraction of sp³-hybridized carbons (Fsp3) is 0.250. The summed E-state index contributed by atoms with van der Waals surface area (Å²) < 4.78 is 5.51. The Hall–Kier alpha value is -2.56. The molecule has 0 amide bonds. The minimum Gasteiger partial charge on any atom is -0.338 e. The van der Waals surface area contributed by atoms with Crippen molar-refractivity contribution in [3.8, 4) is 11.5 Å². The summed E-state index contributed by atoms with van der Waals surface area (Å²) in [6.45, 7) is 1.95. The number of pyridine rings is 2. The van der Waals surface area contributed by atoms with E-state index in [0.717, 1.165) is 29.8 Å². The predicted molar refractivity (Wildman–Crippen MR) is 76.5 cm³/mol. The molecule has 0 aromatic carbocycles. The summed E-state index contributed by atoms with van der Waals surface area (Å²) in [5, 5.41) is 4.09. The van der Waals surface area contributed by atoms with E-state index >= 15 is 0 Å². The van der Waals surface area contributed by atoms with Gasteiger partial charge in [-0.05, 0) is 43.5 Å². The average molecular weight is 278 g/mol. The van der Waals surface area contributed by atoms with Crippen LogP contribution in [0.25, 0.3) is 11.5 Å². The number of rotatable bonds is 3. The molecule has 0 unspecified atom stereocenters. The van der Waals surface area contributed by atoms with E-state index in [4.69, 9.17) is 4.52 Å². The molecule has 0 spiro atoms. The van der Waals surface area contributed by atoms with Gasteiger partial charge < -0.3 is 4.52 Å². The third kappa shape index (κ3) is 2.01. The van der Waals surface area contributed by atoms with E-state index in [9.17, 15) is 0 Å². The van der Waals surface area contributed by atoms with Gasteiger partial charge in [0.25, 0.3) is 0 Å². The minimum atomic E-state index is -0.149. The standard InChI is InChI=1S/C16H14N4O/c1-11-4-2-6-13(18-11)14-19-15(21-20-14)16(7-8-16)12-5-3-9-17-10-12/h2-6,9-10H,7-8H2,1H3. The molecule has 3 aromatic heterocycles. The lowest BCUT2D eigenvalue weighted by molar-refractivity contribution is 0.360. The second-order valence-electron chi connectivity index (χ2n) is 5.41. The van der Waals surface area contributed by atoms with Gasteiger partial charge in [0.2, 0.25) is 11.7 Å². The highest BCUT2D eigenvalue weighted by atomic mass is 16.5. The lowest BCUT2D eigenvalue weighted by Gasteiger charge is -2.08. The molecule has 1 fully saturated rings. The Morgan fingerprint density at radius 1 is 1.10 bits per heavy atom. The minimum absolute atomic E-state index is 0.149. The first-order valence-corrected chi connectivity index (χ1v) is 6.97. The Labute approximate surface area is 122 Å². The quantitative estimate of drug-likeness (QED) is 0.737. The Balaban J connectivity index is 1.72. The van der Waals surface area contributed by atoms with Gasteiger partial charge in [-0.1, -0.05) is 17.3 Å². The second-order valence-corrected chi connectivity index (χ2v) is 5.41. The molecule has 1 aliphatic rings. The molecule has 0 atom stereocenters. The van der Waals surface area contributed by atoms with Crippen molar-refractivity contribution in [3.63, 3.8) is 0 Å². The molecule has 0 N–H and O–H groups in total. The molecule has 1 aliphatic carbocycles. The molecular weight excluding hydrogens is 264 g/mol. The Bertz CT molecular complexity index is 778. The maximum atomic E-state index is 5.51. The van der Waals surface area contributed by atoms with Gasteiger partial charge in [0.1, 0.15) is 5.69 Å². The highest BCUT2D eigenvalue weighted by Crippen LogP contribution is 2.52. The Morgan fingerprint density at radius 2 is 2.00 bits per heavy atom. The molecule has 3 aromatic rings. The second kappa shape index (κ2) is 4.48. The van der Waals surface area contributed by atoms with Gasteiger partial charge in [0.05, 0.1) is 5.41 Å². The SMILES string of the molecule is Cc1cccc(-c2noc(C3(c4cccnc4)CC3)n2)n1. The third-order valence-electron chi connectivity index (χ3n) is 3.92.